The molecule has 5 nitrogen and oxygen atoms in total. The topological polar surface area (TPSA) is 61.7 Å². The van der Waals surface area contributed by atoms with Crippen LogP contribution in [0.2, 0.25) is 0 Å². The fraction of sp³-hybridized carbons (Fsp3) is 0.400. The van der Waals surface area contributed by atoms with Crippen molar-refractivity contribution in [2.75, 3.05) is 5.73 Å². The Morgan fingerprint density at radius 1 is 1.33 bits per heavy atom. The molecule has 0 aliphatic heterocycles. The molecule has 0 unspecified atom stereocenters. The average Bonchev–Trinajstić information content (AvgIpc) is 2.58. The molecule has 0 aliphatic rings. The van der Waals surface area contributed by atoms with Crippen molar-refractivity contribution in [1.29, 1.82) is 0 Å². The van der Waals surface area contributed by atoms with E-state index in [-0.39, 0.29) is 0 Å². The maximum Gasteiger partial charge on any atom is 0.145 e. The van der Waals surface area contributed by atoms with Crippen molar-refractivity contribution >= 4 is 5.82 Å². The number of aromatic nitrogens is 4. The normalized spacial score (nSPS) is 10.9. The Balaban J connectivity index is 2.29. The number of rotatable bonds is 2. The summed E-state index contributed by atoms with van der Waals surface area (Å²) in [7, 11) is 1.92. The Kier molecular flexibility index (Phi) is 2.22. The zero-order chi connectivity index (χ0) is 11.0. The number of nitrogen functional groups attached to an aromatic ring is 1. The van der Waals surface area contributed by atoms with Crippen molar-refractivity contribution in [2.45, 2.75) is 20.4 Å². The molecule has 0 bridgehead atoms. The molecule has 0 spiro atoms. The Morgan fingerprint density at radius 3 is 2.53 bits per heavy atom. The minimum absolute atomic E-state index is 0.564. The predicted octanol–water partition coefficient (Wildman–Crippen LogP) is 0.864. The standard InChI is InChI=1S/C10H15N5/c1-7-4-10(11)13-15(7)6-9-5-14(3)12-8(9)2/h4-5H,6H2,1-3H3,(H2,11,13). The van der Waals surface area contributed by atoms with Gasteiger partial charge in [0.15, 0.2) is 0 Å². The second kappa shape index (κ2) is 3.42. The van der Waals surface area contributed by atoms with Crippen LogP contribution >= 0.6 is 0 Å². The van der Waals surface area contributed by atoms with E-state index in [0.29, 0.717) is 5.82 Å². The van der Waals surface area contributed by atoms with Crippen LogP contribution in [0.25, 0.3) is 0 Å². The van der Waals surface area contributed by atoms with Gasteiger partial charge in [-0.3, -0.25) is 9.36 Å². The predicted molar refractivity (Wildman–Crippen MR) is 58.4 cm³/mol. The van der Waals surface area contributed by atoms with Crippen LogP contribution in [0.3, 0.4) is 0 Å². The van der Waals surface area contributed by atoms with Crippen LogP contribution in [-0.2, 0) is 13.6 Å². The van der Waals surface area contributed by atoms with Gasteiger partial charge in [0.1, 0.15) is 5.82 Å². The molecule has 2 rings (SSSR count). The molecule has 2 aromatic rings. The molecule has 15 heavy (non-hydrogen) atoms. The summed E-state index contributed by atoms with van der Waals surface area (Å²) in [6.07, 6.45) is 2.01. The lowest BCUT2D eigenvalue weighted by atomic mass is 10.2. The van der Waals surface area contributed by atoms with Crippen LogP contribution in [0.4, 0.5) is 5.82 Å². The molecule has 2 aromatic heterocycles. The number of aryl methyl sites for hydroxylation is 3. The Hall–Kier alpha value is -1.78. The van der Waals surface area contributed by atoms with Gasteiger partial charge in [0.25, 0.3) is 0 Å². The maximum absolute atomic E-state index is 5.62. The quantitative estimate of drug-likeness (QED) is 0.791. The van der Waals surface area contributed by atoms with Gasteiger partial charge in [-0.2, -0.15) is 10.2 Å². The highest BCUT2D eigenvalue weighted by atomic mass is 15.3. The third kappa shape index (κ3) is 1.86. The van der Waals surface area contributed by atoms with Crippen molar-refractivity contribution in [3.63, 3.8) is 0 Å². The Labute approximate surface area is 88.5 Å². The summed E-state index contributed by atoms with van der Waals surface area (Å²) >= 11 is 0. The number of nitrogens with zero attached hydrogens (tertiary/aromatic N) is 4. The van der Waals surface area contributed by atoms with Crippen LogP contribution in [0, 0.1) is 13.8 Å². The first kappa shape index (κ1) is 9.76. The van der Waals surface area contributed by atoms with E-state index in [1.807, 2.05) is 42.5 Å². The van der Waals surface area contributed by atoms with E-state index in [0.717, 1.165) is 17.9 Å². The van der Waals surface area contributed by atoms with Gasteiger partial charge < -0.3 is 5.73 Å². The van der Waals surface area contributed by atoms with Gasteiger partial charge in [-0.25, -0.2) is 0 Å². The Morgan fingerprint density at radius 2 is 2.07 bits per heavy atom. The molecule has 0 aromatic carbocycles. The smallest absolute Gasteiger partial charge is 0.145 e. The third-order valence-corrected chi connectivity index (χ3v) is 2.44. The van der Waals surface area contributed by atoms with E-state index in [1.54, 1.807) is 0 Å². The van der Waals surface area contributed by atoms with E-state index in [2.05, 4.69) is 10.2 Å². The van der Waals surface area contributed by atoms with Gasteiger partial charge in [0.2, 0.25) is 0 Å². The molecule has 80 valence electrons. The molecule has 0 saturated carbocycles. The molecular weight excluding hydrogens is 190 g/mol. The lowest BCUT2D eigenvalue weighted by Gasteiger charge is -2.02. The van der Waals surface area contributed by atoms with Gasteiger partial charge in [0.05, 0.1) is 12.2 Å². The summed E-state index contributed by atoms with van der Waals surface area (Å²) < 4.78 is 3.70. The van der Waals surface area contributed by atoms with Gasteiger partial charge in [-0.1, -0.05) is 0 Å². The Bertz CT molecular complexity index is 436. The molecule has 0 amide bonds. The highest BCUT2D eigenvalue weighted by Crippen LogP contribution is 2.10. The summed E-state index contributed by atoms with van der Waals surface area (Å²) in [6, 6.07) is 1.87. The summed E-state index contributed by atoms with van der Waals surface area (Å²) in [6.45, 7) is 4.72. The second-order valence-corrected chi connectivity index (χ2v) is 3.78. The van der Waals surface area contributed by atoms with Gasteiger partial charge in [-0.15, -0.1) is 0 Å². The maximum atomic E-state index is 5.62. The van der Waals surface area contributed by atoms with Crippen LogP contribution in [0.1, 0.15) is 17.0 Å². The van der Waals surface area contributed by atoms with E-state index in [4.69, 9.17) is 5.73 Å². The van der Waals surface area contributed by atoms with Crippen molar-refractivity contribution in [3.05, 3.63) is 29.2 Å². The molecule has 0 aliphatic carbocycles. The van der Waals surface area contributed by atoms with Crippen LogP contribution < -0.4 is 5.73 Å². The first-order valence-corrected chi connectivity index (χ1v) is 4.85. The average molecular weight is 205 g/mol. The largest absolute Gasteiger partial charge is 0.382 e. The van der Waals surface area contributed by atoms with Crippen LogP contribution in [-0.4, -0.2) is 19.6 Å². The number of hydrogen-bond acceptors (Lipinski definition) is 3. The summed E-state index contributed by atoms with van der Waals surface area (Å²) in [5, 5.41) is 8.50. The van der Waals surface area contributed by atoms with E-state index in [1.165, 1.54) is 5.56 Å². The van der Waals surface area contributed by atoms with Crippen molar-refractivity contribution < 1.29 is 0 Å². The van der Waals surface area contributed by atoms with Crippen molar-refractivity contribution in [1.82, 2.24) is 19.6 Å². The van der Waals surface area contributed by atoms with Crippen molar-refractivity contribution in [3.8, 4) is 0 Å². The van der Waals surface area contributed by atoms with Crippen LogP contribution in [0.5, 0.6) is 0 Å². The highest BCUT2D eigenvalue weighted by molar-refractivity contribution is 5.29. The fourth-order valence-electron chi connectivity index (χ4n) is 1.66. The molecule has 2 heterocycles. The van der Waals surface area contributed by atoms with Gasteiger partial charge in [-0.05, 0) is 13.8 Å². The monoisotopic (exact) mass is 205 g/mol. The molecule has 0 fully saturated rings. The summed E-state index contributed by atoms with van der Waals surface area (Å²) in [4.78, 5) is 0. The summed E-state index contributed by atoms with van der Waals surface area (Å²) in [5.41, 5.74) is 8.89. The molecular formula is C10H15N5. The molecule has 2 N–H and O–H groups in total. The first-order chi connectivity index (χ1) is 7.06. The highest BCUT2D eigenvalue weighted by Gasteiger charge is 2.06. The zero-order valence-corrected chi connectivity index (χ0v) is 9.23. The first-order valence-electron chi connectivity index (χ1n) is 4.85. The minimum Gasteiger partial charge on any atom is -0.382 e. The van der Waals surface area contributed by atoms with E-state index < -0.39 is 0 Å². The molecule has 0 saturated heterocycles. The number of nitrogens with two attached hydrogens (primary N) is 1. The molecule has 0 atom stereocenters. The SMILES string of the molecule is Cc1nn(C)cc1Cn1nc(N)cc1C. The third-order valence-electron chi connectivity index (χ3n) is 2.44. The van der Waals surface area contributed by atoms with Gasteiger partial charge in [0, 0.05) is 30.6 Å². The molecule has 0 radical (unpaired) electrons. The lowest BCUT2D eigenvalue weighted by molar-refractivity contribution is 0.665. The molecule has 5 heteroatoms. The zero-order valence-electron chi connectivity index (χ0n) is 9.23. The number of anilines is 1. The summed E-state index contributed by atoms with van der Waals surface area (Å²) in [5.74, 6) is 0.564. The van der Waals surface area contributed by atoms with Crippen molar-refractivity contribution in [2.24, 2.45) is 7.05 Å². The minimum atomic E-state index is 0.564. The van der Waals surface area contributed by atoms with Gasteiger partial charge >= 0.3 is 0 Å². The fourth-order valence-corrected chi connectivity index (χ4v) is 1.66. The lowest BCUT2D eigenvalue weighted by Crippen LogP contribution is -2.04. The van der Waals surface area contributed by atoms with E-state index in [9.17, 15) is 0 Å². The second-order valence-electron chi connectivity index (χ2n) is 3.78. The van der Waals surface area contributed by atoms with E-state index >= 15 is 0 Å². The van der Waals surface area contributed by atoms with Crippen LogP contribution in [0.15, 0.2) is 12.3 Å². The number of hydrogen-bond donors (Lipinski definition) is 1.